The molecule has 1 fully saturated rings. The lowest BCUT2D eigenvalue weighted by Crippen LogP contribution is -2.71. The van der Waals surface area contributed by atoms with Gasteiger partial charge >= 0.3 is 5.97 Å². The minimum absolute atomic E-state index is 0.443. The molecule has 0 bridgehead atoms. The second-order valence-electron chi connectivity index (χ2n) is 6.85. The first-order valence-corrected chi connectivity index (χ1v) is 9.05. The third kappa shape index (κ3) is 6.07. The van der Waals surface area contributed by atoms with E-state index in [1.54, 1.807) is 0 Å². The monoisotopic (exact) mass is 436 g/mol. The van der Waals surface area contributed by atoms with Crippen molar-refractivity contribution in [2.75, 3.05) is 13.2 Å². The highest BCUT2D eigenvalue weighted by atomic mass is 16.5. The number of primary amides is 1. The molecule has 7 atom stereocenters. The number of aliphatic carboxylic acids is 1. The van der Waals surface area contributed by atoms with E-state index in [0.29, 0.717) is 4.90 Å². The van der Waals surface area contributed by atoms with Crippen LogP contribution in [0, 0.1) is 0 Å². The molecule has 14 nitrogen and oxygen atoms in total. The highest BCUT2D eigenvalue weighted by Gasteiger charge is 2.51. The van der Waals surface area contributed by atoms with Crippen molar-refractivity contribution in [1.29, 1.82) is 0 Å². The SMILES string of the molecule is CC(=O)N[C@H]1C(N(C(=O)[C@@H](N)CO)[C@H](CCC(N)=O)C(=O)O)O[C@H](CO)[C@H](O)[C@@H]1O. The summed E-state index contributed by atoms with van der Waals surface area (Å²) in [7, 11) is 0. The zero-order valence-electron chi connectivity index (χ0n) is 16.2. The summed E-state index contributed by atoms with van der Waals surface area (Å²) in [4.78, 5) is 48.0. The molecule has 1 aliphatic heterocycles. The molecular formula is C16H28N4O10. The number of rotatable bonds is 10. The zero-order valence-corrected chi connectivity index (χ0v) is 16.2. The predicted molar refractivity (Wildman–Crippen MR) is 97.1 cm³/mol. The maximum absolute atomic E-state index is 12.8. The number of nitrogens with zero attached hydrogens (tertiary/aromatic N) is 1. The molecule has 1 rings (SSSR count). The standard InChI is InChI=1S/C16H28N4O10/c1-6(23)19-11-13(26)12(25)9(5-22)30-15(11)20(14(27)7(17)4-21)8(16(28)29)2-3-10(18)24/h7-9,11-13,15,21-22,25-26H,2-5,17H2,1H3,(H2,18,24)(H,19,23)(H,28,29)/t7-,8+,9+,11+,12-,13+,15?/m0/s1. The Kier molecular flexibility index (Phi) is 9.54. The van der Waals surface area contributed by atoms with Crippen LogP contribution < -0.4 is 16.8 Å². The van der Waals surface area contributed by atoms with Gasteiger partial charge in [0.2, 0.25) is 17.7 Å². The third-order valence-corrected chi connectivity index (χ3v) is 4.60. The average Bonchev–Trinajstić information content (AvgIpc) is 2.67. The Bertz CT molecular complexity index is 648. The molecule has 0 radical (unpaired) electrons. The van der Waals surface area contributed by atoms with Crippen LogP contribution in [0.15, 0.2) is 0 Å². The van der Waals surface area contributed by atoms with Gasteiger partial charge in [-0.2, -0.15) is 0 Å². The van der Waals surface area contributed by atoms with Gasteiger partial charge in [0.05, 0.1) is 13.2 Å². The van der Waals surface area contributed by atoms with Crippen molar-refractivity contribution < 1.29 is 49.4 Å². The number of carboxylic acid groups (broad SMARTS) is 1. The van der Waals surface area contributed by atoms with Crippen LogP contribution in [-0.2, 0) is 23.9 Å². The van der Waals surface area contributed by atoms with Crippen molar-refractivity contribution in [3.05, 3.63) is 0 Å². The van der Waals surface area contributed by atoms with E-state index in [0.717, 1.165) is 6.92 Å². The molecule has 30 heavy (non-hydrogen) atoms. The fourth-order valence-corrected chi connectivity index (χ4v) is 3.11. The Balaban J connectivity index is 3.50. The number of hydrogen-bond donors (Lipinski definition) is 8. The van der Waals surface area contributed by atoms with Crippen LogP contribution in [0.2, 0.25) is 0 Å². The smallest absolute Gasteiger partial charge is 0.326 e. The van der Waals surface area contributed by atoms with Gasteiger partial charge in [0.25, 0.3) is 0 Å². The minimum atomic E-state index is -1.77. The zero-order chi connectivity index (χ0) is 23.2. The van der Waals surface area contributed by atoms with Crippen molar-refractivity contribution in [2.24, 2.45) is 11.5 Å². The van der Waals surface area contributed by atoms with E-state index in [4.69, 9.17) is 16.2 Å². The van der Waals surface area contributed by atoms with Crippen LogP contribution in [-0.4, -0.2) is 110 Å². The van der Waals surface area contributed by atoms with E-state index in [-0.39, 0.29) is 0 Å². The molecule has 0 spiro atoms. The number of carbonyl (C=O) groups is 4. The normalized spacial score (nSPS) is 28.3. The van der Waals surface area contributed by atoms with E-state index in [1.165, 1.54) is 0 Å². The Morgan fingerprint density at radius 1 is 1.17 bits per heavy atom. The van der Waals surface area contributed by atoms with E-state index in [1.807, 2.05) is 0 Å². The van der Waals surface area contributed by atoms with Gasteiger partial charge in [0.1, 0.15) is 36.4 Å². The third-order valence-electron chi connectivity index (χ3n) is 4.60. The second kappa shape index (κ2) is 11.1. The number of ether oxygens (including phenoxy) is 1. The molecule has 0 saturated carbocycles. The van der Waals surface area contributed by atoms with Crippen molar-refractivity contribution in [2.45, 2.75) is 62.4 Å². The maximum atomic E-state index is 12.8. The lowest BCUT2D eigenvalue weighted by Gasteiger charge is -2.48. The minimum Gasteiger partial charge on any atom is -0.480 e. The van der Waals surface area contributed by atoms with Crippen LogP contribution >= 0.6 is 0 Å². The van der Waals surface area contributed by atoms with Crippen LogP contribution in [0.25, 0.3) is 0 Å². The summed E-state index contributed by atoms with van der Waals surface area (Å²) in [5.41, 5.74) is 10.6. The number of nitrogens with two attached hydrogens (primary N) is 2. The number of hydrogen-bond acceptors (Lipinski definition) is 10. The van der Waals surface area contributed by atoms with Gasteiger partial charge in [-0.3, -0.25) is 19.3 Å². The van der Waals surface area contributed by atoms with Crippen LogP contribution in [0.3, 0.4) is 0 Å². The van der Waals surface area contributed by atoms with Gasteiger partial charge in [-0.05, 0) is 6.42 Å². The molecule has 0 aromatic heterocycles. The molecule has 1 unspecified atom stereocenters. The fourth-order valence-electron chi connectivity index (χ4n) is 3.11. The number of carboxylic acids is 1. The van der Waals surface area contributed by atoms with Crippen LogP contribution in [0.4, 0.5) is 0 Å². The van der Waals surface area contributed by atoms with Crippen molar-refractivity contribution in [1.82, 2.24) is 10.2 Å². The predicted octanol–water partition coefficient (Wildman–Crippen LogP) is -5.20. The van der Waals surface area contributed by atoms with Gasteiger partial charge in [-0.25, -0.2) is 4.79 Å². The van der Waals surface area contributed by atoms with E-state index in [2.05, 4.69) is 5.32 Å². The second-order valence-corrected chi connectivity index (χ2v) is 6.85. The van der Waals surface area contributed by atoms with E-state index >= 15 is 0 Å². The lowest BCUT2D eigenvalue weighted by molar-refractivity contribution is -0.238. The molecule has 3 amide bonds. The summed E-state index contributed by atoms with van der Waals surface area (Å²) >= 11 is 0. The molecule has 1 heterocycles. The topological polar surface area (TPSA) is 246 Å². The van der Waals surface area contributed by atoms with Crippen molar-refractivity contribution in [3.63, 3.8) is 0 Å². The summed E-state index contributed by atoms with van der Waals surface area (Å²) in [5, 5.41) is 51.1. The first-order chi connectivity index (χ1) is 14.0. The van der Waals surface area contributed by atoms with E-state index in [9.17, 15) is 44.7 Å². The summed E-state index contributed by atoms with van der Waals surface area (Å²) < 4.78 is 5.46. The maximum Gasteiger partial charge on any atom is 0.326 e. The molecule has 1 saturated heterocycles. The molecule has 1 aliphatic rings. The summed E-state index contributed by atoms with van der Waals surface area (Å²) in [6.07, 6.45) is -7.52. The molecule has 172 valence electrons. The lowest BCUT2D eigenvalue weighted by atomic mass is 9.93. The average molecular weight is 436 g/mol. The summed E-state index contributed by atoms with van der Waals surface area (Å²) in [6, 6.07) is -4.88. The Morgan fingerprint density at radius 3 is 2.20 bits per heavy atom. The molecule has 0 aromatic rings. The molecule has 14 heteroatoms. The number of aliphatic hydroxyl groups is 4. The summed E-state index contributed by atoms with van der Waals surface area (Å²) in [6.45, 7) is -0.611. The van der Waals surface area contributed by atoms with Crippen molar-refractivity contribution >= 4 is 23.7 Å². The van der Waals surface area contributed by atoms with Gasteiger partial charge in [0.15, 0.2) is 6.23 Å². The molecule has 10 N–H and O–H groups in total. The first-order valence-electron chi connectivity index (χ1n) is 9.05. The van der Waals surface area contributed by atoms with Gasteiger partial charge in [0, 0.05) is 13.3 Å². The number of nitrogens with one attached hydrogen (secondary N) is 1. The van der Waals surface area contributed by atoms with Gasteiger partial charge < -0.3 is 47.1 Å². The van der Waals surface area contributed by atoms with E-state index < -0.39 is 92.4 Å². The van der Waals surface area contributed by atoms with Gasteiger partial charge in [-0.1, -0.05) is 0 Å². The first kappa shape index (κ1) is 25.7. The molecule has 0 aromatic carbocycles. The Labute approximate surface area is 171 Å². The van der Waals surface area contributed by atoms with Crippen molar-refractivity contribution in [3.8, 4) is 0 Å². The molecular weight excluding hydrogens is 408 g/mol. The highest BCUT2D eigenvalue weighted by molar-refractivity contribution is 5.88. The van der Waals surface area contributed by atoms with Gasteiger partial charge in [-0.15, -0.1) is 0 Å². The largest absolute Gasteiger partial charge is 0.480 e. The highest BCUT2D eigenvalue weighted by Crippen LogP contribution is 2.27. The quantitative estimate of drug-likeness (QED) is 0.161. The number of carbonyl (C=O) groups excluding carboxylic acids is 3. The van der Waals surface area contributed by atoms with Crippen LogP contribution in [0.5, 0.6) is 0 Å². The van der Waals surface area contributed by atoms with Crippen LogP contribution in [0.1, 0.15) is 19.8 Å². The Morgan fingerprint density at radius 2 is 1.77 bits per heavy atom. The fraction of sp³-hybridized carbons (Fsp3) is 0.750. The number of amides is 3. The molecule has 0 aliphatic carbocycles. The summed E-state index contributed by atoms with van der Waals surface area (Å²) in [5.74, 6) is -4.27. The Hall–Kier alpha value is -2.36. The number of aliphatic hydroxyl groups excluding tert-OH is 4.